The van der Waals surface area contributed by atoms with Crippen molar-refractivity contribution in [3.63, 3.8) is 0 Å². The predicted molar refractivity (Wildman–Crippen MR) is 132 cm³/mol. The number of nitrogens with one attached hydrogen (secondary N) is 1. The topological polar surface area (TPSA) is 77.1 Å². The summed E-state index contributed by atoms with van der Waals surface area (Å²) in [6.45, 7) is 4.02. The Morgan fingerprint density at radius 1 is 1.00 bits per heavy atom. The SMILES string of the molecule is Cc1ccc(-n2c(SCC(=O)Nc3ccccc3)nc3c(oc4ccccc43)c2=O)cc1C. The molecular formula is C26H21N3O3S. The Bertz CT molecular complexity index is 1550. The summed E-state index contributed by atoms with van der Waals surface area (Å²) in [6, 6.07) is 22.5. The van der Waals surface area contributed by atoms with Gasteiger partial charge in [-0.15, -0.1) is 0 Å². The van der Waals surface area contributed by atoms with Gasteiger partial charge in [0.1, 0.15) is 11.1 Å². The second kappa shape index (κ2) is 8.60. The Balaban J connectivity index is 1.60. The molecule has 0 bridgehead atoms. The molecule has 0 radical (unpaired) electrons. The zero-order chi connectivity index (χ0) is 22.9. The maximum Gasteiger partial charge on any atom is 0.302 e. The summed E-state index contributed by atoms with van der Waals surface area (Å²) in [5, 5.41) is 4.08. The molecule has 7 heteroatoms. The van der Waals surface area contributed by atoms with E-state index < -0.39 is 0 Å². The molecule has 2 aromatic heterocycles. The minimum atomic E-state index is -0.301. The van der Waals surface area contributed by atoms with E-state index in [0.29, 0.717) is 21.9 Å². The van der Waals surface area contributed by atoms with Crippen LogP contribution in [0.3, 0.4) is 0 Å². The van der Waals surface area contributed by atoms with Crippen molar-refractivity contribution in [1.29, 1.82) is 0 Å². The summed E-state index contributed by atoms with van der Waals surface area (Å²) in [5.41, 5.74) is 4.60. The van der Waals surface area contributed by atoms with Gasteiger partial charge in [-0.1, -0.05) is 48.2 Å². The first kappa shape index (κ1) is 21.0. The van der Waals surface area contributed by atoms with Crippen molar-refractivity contribution in [1.82, 2.24) is 9.55 Å². The van der Waals surface area contributed by atoms with Gasteiger partial charge in [0.25, 0.3) is 0 Å². The molecule has 0 atom stereocenters. The van der Waals surface area contributed by atoms with Crippen molar-refractivity contribution in [2.75, 3.05) is 11.1 Å². The molecule has 0 spiro atoms. The second-order valence-electron chi connectivity index (χ2n) is 7.78. The average molecular weight is 456 g/mol. The molecule has 5 rings (SSSR count). The summed E-state index contributed by atoms with van der Waals surface area (Å²) < 4.78 is 7.40. The van der Waals surface area contributed by atoms with Crippen LogP contribution in [0.5, 0.6) is 0 Å². The number of furan rings is 1. The molecule has 1 amide bonds. The number of hydrogen-bond donors (Lipinski definition) is 1. The van der Waals surface area contributed by atoms with Crippen molar-refractivity contribution in [2.45, 2.75) is 19.0 Å². The molecular weight excluding hydrogens is 434 g/mol. The molecule has 2 heterocycles. The molecule has 0 saturated carbocycles. The van der Waals surface area contributed by atoms with E-state index in [2.05, 4.69) is 5.32 Å². The number of nitrogens with zero attached hydrogens (tertiary/aromatic N) is 2. The third-order valence-electron chi connectivity index (χ3n) is 5.50. The van der Waals surface area contributed by atoms with Crippen LogP contribution in [0.1, 0.15) is 11.1 Å². The molecule has 0 saturated heterocycles. The maximum atomic E-state index is 13.6. The van der Waals surface area contributed by atoms with Gasteiger partial charge in [0.15, 0.2) is 5.16 Å². The van der Waals surface area contributed by atoms with Crippen molar-refractivity contribution in [3.8, 4) is 5.69 Å². The Labute approximate surface area is 194 Å². The third kappa shape index (κ3) is 4.03. The highest BCUT2D eigenvalue weighted by atomic mass is 32.2. The Hall–Kier alpha value is -3.84. The number of carbonyl (C=O) groups is 1. The molecule has 0 fully saturated rings. The zero-order valence-corrected chi connectivity index (χ0v) is 19.0. The Kier molecular flexibility index (Phi) is 5.48. The number of carbonyl (C=O) groups excluding carboxylic acids is 1. The predicted octanol–water partition coefficient (Wildman–Crippen LogP) is 5.48. The molecule has 0 unspecified atom stereocenters. The van der Waals surface area contributed by atoms with Crippen LogP contribution >= 0.6 is 11.8 Å². The molecule has 33 heavy (non-hydrogen) atoms. The van der Waals surface area contributed by atoms with Crippen LogP contribution < -0.4 is 10.9 Å². The first-order chi connectivity index (χ1) is 16.0. The van der Waals surface area contributed by atoms with Gasteiger partial charge in [0, 0.05) is 11.1 Å². The van der Waals surface area contributed by atoms with Crippen LogP contribution in [0, 0.1) is 13.8 Å². The van der Waals surface area contributed by atoms with Crippen LogP contribution in [0.15, 0.2) is 87.2 Å². The quantitative estimate of drug-likeness (QED) is 0.281. The smallest absolute Gasteiger partial charge is 0.302 e. The van der Waals surface area contributed by atoms with Crippen LogP contribution in [0.25, 0.3) is 27.8 Å². The molecule has 6 nitrogen and oxygen atoms in total. The lowest BCUT2D eigenvalue weighted by Gasteiger charge is -2.13. The summed E-state index contributed by atoms with van der Waals surface area (Å²) in [5.74, 6) is -0.0720. The van der Waals surface area contributed by atoms with Crippen LogP contribution in [0.4, 0.5) is 5.69 Å². The number of fused-ring (bicyclic) bond motifs is 3. The molecule has 0 aliphatic carbocycles. The maximum absolute atomic E-state index is 13.6. The molecule has 5 aromatic rings. The third-order valence-corrected chi connectivity index (χ3v) is 6.44. The normalized spacial score (nSPS) is 11.2. The van der Waals surface area contributed by atoms with Gasteiger partial charge in [0.05, 0.1) is 11.4 Å². The van der Waals surface area contributed by atoms with E-state index in [0.717, 1.165) is 22.2 Å². The summed E-state index contributed by atoms with van der Waals surface area (Å²) in [4.78, 5) is 30.9. The monoisotopic (exact) mass is 455 g/mol. The standard InChI is InChI=1S/C26H21N3O3S/c1-16-12-13-19(14-17(16)2)29-25(31)24-23(20-10-6-7-11-21(20)32-24)28-26(29)33-15-22(30)27-18-8-4-3-5-9-18/h3-14H,15H2,1-2H3,(H,27,30). The van der Waals surface area contributed by atoms with Gasteiger partial charge in [-0.2, -0.15) is 0 Å². The van der Waals surface area contributed by atoms with Crippen LogP contribution in [-0.2, 0) is 4.79 Å². The summed E-state index contributed by atoms with van der Waals surface area (Å²) in [6.07, 6.45) is 0. The van der Waals surface area contributed by atoms with E-state index in [4.69, 9.17) is 9.40 Å². The number of hydrogen-bond acceptors (Lipinski definition) is 5. The highest BCUT2D eigenvalue weighted by Gasteiger charge is 2.20. The van der Waals surface area contributed by atoms with Gasteiger partial charge in [0.2, 0.25) is 11.5 Å². The highest BCUT2D eigenvalue weighted by molar-refractivity contribution is 7.99. The molecule has 0 aliphatic heterocycles. The van der Waals surface area contributed by atoms with Crippen LogP contribution in [-0.4, -0.2) is 21.2 Å². The van der Waals surface area contributed by atoms with Gasteiger partial charge in [-0.3, -0.25) is 14.2 Å². The minimum Gasteiger partial charge on any atom is -0.448 e. The molecule has 1 N–H and O–H groups in total. The number of rotatable bonds is 5. The van der Waals surface area contributed by atoms with Gasteiger partial charge in [-0.05, 0) is 61.4 Å². The first-order valence-corrected chi connectivity index (χ1v) is 11.5. The van der Waals surface area contributed by atoms with Gasteiger partial charge >= 0.3 is 5.56 Å². The molecule has 3 aromatic carbocycles. The van der Waals surface area contributed by atoms with Crippen molar-refractivity contribution >= 4 is 45.4 Å². The number of thioether (sulfide) groups is 1. The second-order valence-corrected chi connectivity index (χ2v) is 8.72. The number of aryl methyl sites for hydroxylation is 2. The number of aromatic nitrogens is 2. The number of para-hydroxylation sites is 2. The number of benzene rings is 3. The zero-order valence-electron chi connectivity index (χ0n) is 18.2. The van der Waals surface area contributed by atoms with Crippen molar-refractivity contribution in [3.05, 3.63) is 94.3 Å². The fourth-order valence-electron chi connectivity index (χ4n) is 3.66. The van der Waals surface area contributed by atoms with Crippen LogP contribution in [0.2, 0.25) is 0 Å². The van der Waals surface area contributed by atoms with E-state index in [1.54, 1.807) is 0 Å². The lowest BCUT2D eigenvalue weighted by atomic mass is 10.1. The van der Waals surface area contributed by atoms with E-state index in [9.17, 15) is 9.59 Å². The van der Waals surface area contributed by atoms with E-state index >= 15 is 0 Å². The Morgan fingerprint density at radius 2 is 1.76 bits per heavy atom. The number of anilines is 1. The first-order valence-electron chi connectivity index (χ1n) is 10.5. The summed E-state index contributed by atoms with van der Waals surface area (Å²) in [7, 11) is 0. The van der Waals surface area contributed by atoms with E-state index in [-0.39, 0.29) is 22.8 Å². The fraction of sp³-hybridized carbons (Fsp3) is 0.115. The van der Waals surface area contributed by atoms with Crippen molar-refractivity contribution in [2.24, 2.45) is 0 Å². The van der Waals surface area contributed by atoms with Crippen molar-refractivity contribution < 1.29 is 9.21 Å². The van der Waals surface area contributed by atoms with E-state index in [1.807, 2.05) is 86.6 Å². The summed E-state index contributed by atoms with van der Waals surface area (Å²) >= 11 is 1.22. The lowest BCUT2D eigenvalue weighted by Crippen LogP contribution is -2.22. The van der Waals surface area contributed by atoms with Gasteiger partial charge < -0.3 is 9.73 Å². The molecule has 164 valence electrons. The highest BCUT2D eigenvalue weighted by Crippen LogP contribution is 2.29. The lowest BCUT2D eigenvalue weighted by molar-refractivity contribution is -0.113. The van der Waals surface area contributed by atoms with Gasteiger partial charge in [-0.25, -0.2) is 4.98 Å². The largest absolute Gasteiger partial charge is 0.448 e. The molecule has 0 aliphatic rings. The fourth-order valence-corrected chi connectivity index (χ4v) is 4.47. The van der Waals surface area contributed by atoms with E-state index in [1.165, 1.54) is 16.3 Å². The number of amides is 1. The minimum absolute atomic E-state index is 0.105. The average Bonchev–Trinajstić information content (AvgIpc) is 3.19. The Morgan fingerprint density at radius 3 is 2.55 bits per heavy atom.